The summed E-state index contributed by atoms with van der Waals surface area (Å²) in [6, 6.07) is 9.67. The Bertz CT molecular complexity index is 1680. The second-order valence-corrected chi connectivity index (χ2v) is 9.09. The van der Waals surface area contributed by atoms with Gasteiger partial charge in [0.05, 0.1) is 17.4 Å². The van der Waals surface area contributed by atoms with E-state index in [0.717, 1.165) is 11.3 Å². The van der Waals surface area contributed by atoms with E-state index < -0.39 is 5.82 Å². The lowest BCUT2D eigenvalue weighted by atomic mass is 10.0. The van der Waals surface area contributed by atoms with Crippen molar-refractivity contribution in [1.29, 1.82) is 0 Å². The third-order valence-corrected chi connectivity index (χ3v) is 6.66. The molecule has 5 heterocycles. The lowest BCUT2D eigenvalue weighted by molar-refractivity contribution is 0.572. The van der Waals surface area contributed by atoms with Gasteiger partial charge in [-0.25, -0.2) is 14.4 Å². The van der Waals surface area contributed by atoms with E-state index in [0.29, 0.717) is 46.2 Å². The largest absolute Gasteiger partial charge is 0.381 e. The van der Waals surface area contributed by atoms with Crippen LogP contribution in [0, 0.1) is 5.82 Å². The molecule has 0 radical (unpaired) electrons. The number of aromatic amines is 1. The average molecular weight is 524 g/mol. The highest BCUT2D eigenvalue weighted by Gasteiger charge is 2.29. The molecular formula is C23H16Cl2FN9O. The van der Waals surface area contributed by atoms with E-state index in [2.05, 4.69) is 30.5 Å². The summed E-state index contributed by atoms with van der Waals surface area (Å²) >= 11 is 12.6. The second-order valence-electron chi connectivity index (χ2n) is 8.29. The molecule has 0 fully saturated rings. The zero-order valence-corrected chi connectivity index (χ0v) is 19.9. The summed E-state index contributed by atoms with van der Waals surface area (Å²) in [6.45, 7) is 0. The summed E-state index contributed by atoms with van der Waals surface area (Å²) in [6.07, 6.45) is 4.16. The number of hydrogen-bond donors (Lipinski definition) is 2. The molecule has 1 aliphatic heterocycles. The van der Waals surface area contributed by atoms with Crippen LogP contribution in [-0.2, 0) is 6.42 Å². The summed E-state index contributed by atoms with van der Waals surface area (Å²) < 4.78 is 17.1. The fourth-order valence-corrected chi connectivity index (χ4v) is 4.94. The van der Waals surface area contributed by atoms with Gasteiger partial charge in [-0.15, -0.1) is 5.10 Å². The van der Waals surface area contributed by atoms with Gasteiger partial charge in [0.25, 0.3) is 5.56 Å². The molecule has 0 aliphatic carbocycles. The number of nitrogens with one attached hydrogen (secondary N) is 1. The van der Waals surface area contributed by atoms with E-state index in [9.17, 15) is 9.18 Å². The number of H-pyrrole nitrogens is 1. The Morgan fingerprint density at radius 1 is 1.14 bits per heavy atom. The monoisotopic (exact) mass is 523 g/mol. The molecule has 0 spiro atoms. The number of benzene rings is 1. The predicted octanol–water partition coefficient (Wildman–Crippen LogP) is 3.84. The number of pyridine rings is 2. The van der Waals surface area contributed by atoms with Gasteiger partial charge >= 0.3 is 0 Å². The molecule has 1 aliphatic rings. The number of nitrogens with zero attached hydrogens (tertiary/aromatic N) is 7. The third-order valence-electron chi connectivity index (χ3n) is 6.15. The molecule has 0 bridgehead atoms. The van der Waals surface area contributed by atoms with Crippen LogP contribution in [0.4, 0.5) is 10.2 Å². The molecule has 180 valence electrons. The average Bonchev–Trinajstić information content (AvgIpc) is 3.61. The van der Waals surface area contributed by atoms with Gasteiger partial charge in [-0.2, -0.15) is 4.68 Å². The second kappa shape index (κ2) is 8.54. The number of nitrogen functional groups attached to an aromatic ring is 1. The lowest BCUT2D eigenvalue weighted by Gasteiger charge is -2.15. The Morgan fingerprint density at radius 3 is 2.78 bits per heavy atom. The number of tetrazole rings is 1. The van der Waals surface area contributed by atoms with Crippen molar-refractivity contribution in [3.8, 4) is 28.1 Å². The maximum atomic E-state index is 13.9. The number of hydrogen-bond acceptors (Lipinski definition) is 7. The first-order chi connectivity index (χ1) is 17.4. The fourth-order valence-electron chi connectivity index (χ4n) is 4.52. The van der Waals surface area contributed by atoms with Gasteiger partial charge in [-0.3, -0.25) is 4.79 Å². The Hall–Kier alpha value is -4.09. The first kappa shape index (κ1) is 22.4. The van der Waals surface area contributed by atoms with Gasteiger partial charge in [-0.1, -0.05) is 23.2 Å². The van der Waals surface area contributed by atoms with Crippen LogP contribution in [0.15, 0.2) is 53.7 Å². The zero-order valence-electron chi connectivity index (χ0n) is 18.4. The van der Waals surface area contributed by atoms with Crippen LogP contribution >= 0.6 is 23.2 Å². The number of imidazole rings is 1. The zero-order chi connectivity index (χ0) is 25.0. The van der Waals surface area contributed by atoms with E-state index in [4.69, 9.17) is 28.9 Å². The molecule has 13 heteroatoms. The van der Waals surface area contributed by atoms with Crippen LogP contribution in [0.25, 0.3) is 28.1 Å². The van der Waals surface area contributed by atoms with Crippen LogP contribution < -0.4 is 11.3 Å². The molecule has 4 aromatic heterocycles. The van der Waals surface area contributed by atoms with Gasteiger partial charge < -0.3 is 15.3 Å². The Labute approximate surface area is 212 Å². The van der Waals surface area contributed by atoms with Gasteiger partial charge in [0.2, 0.25) is 0 Å². The molecule has 10 nitrogen and oxygen atoms in total. The first-order valence-electron chi connectivity index (χ1n) is 10.8. The van der Waals surface area contributed by atoms with Crippen molar-refractivity contribution in [3.63, 3.8) is 0 Å². The van der Waals surface area contributed by atoms with Crippen LogP contribution in [0.1, 0.15) is 24.0 Å². The number of nitrogens with two attached hydrogens (primary N) is 1. The quantitative estimate of drug-likeness (QED) is 0.365. The van der Waals surface area contributed by atoms with Gasteiger partial charge in [0.15, 0.2) is 16.8 Å². The molecule has 0 saturated heterocycles. The van der Waals surface area contributed by atoms with E-state index in [1.54, 1.807) is 28.8 Å². The van der Waals surface area contributed by atoms with Crippen molar-refractivity contribution < 1.29 is 4.39 Å². The van der Waals surface area contributed by atoms with Crippen LogP contribution in [0.3, 0.4) is 0 Å². The Kier molecular flexibility index (Phi) is 5.31. The fraction of sp³-hybridized carbons (Fsp3) is 0.130. The summed E-state index contributed by atoms with van der Waals surface area (Å²) in [4.78, 5) is 24.8. The number of anilines is 1. The SMILES string of the molecule is Nc1ncc(-c2[nH]c([C@@H]3CCc4cc(-c5cc(Cl)ccc5-n5cnnn5)cc(=O)n43)nc2Cl)cc1F. The molecule has 0 saturated carbocycles. The Morgan fingerprint density at radius 2 is 2.00 bits per heavy atom. The van der Waals surface area contributed by atoms with E-state index in [-0.39, 0.29) is 22.6 Å². The summed E-state index contributed by atoms with van der Waals surface area (Å²) in [7, 11) is 0. The van der Waals surface area contributed by atoms with Crippen molar-refractivity contribution >= 4 is 29.0 Å². The molecule has 0 unspecified atom stereocenters. The van der Waals surface area contributed by atoms with Crippen molar-refractivity contribution in [1.82, 2.24) is 39.7 Å². The third kappa shape index (κ3) is 3.73. The molecule has 0 amide bonds. The van der Waals surface area contributed by atoms with Crippen LogP contribution in [0.2, 0.25) is 10.2 Å². The molecule has 3 N–H and O–H groups in total. The van der Waals surface area contributed by atoms with Gasteiger partial charge in [0.1, 0.15) is 12.2 Å². The standard InChI is InChI=1S/C23H16Cl2FN9O/c24-13-1-3-17(34-10-29-32-33-34)15(8-13)11-5-14-2-4-18(35(14)19(36)7-11)23-30-20(21(25)31-23)12-6-16(26)22(27)28-9-12/h1,3,5-10,18H,2,4H2,(H2,27,28)(H,30,31)/t18-/m0/s1. The first-order valence-corrected chi connectivity index (χ1v) is 11.6. The topological polar surface area (TPSA) is 133 Å². The number of aryl methyl sites for hydroxylation is 1. The summed E-state index contributed by atoms with van der Waals surface area (Å²) in [5, 5.41) is 12.0. The van der Waals surface area contributed by atoms with E-state index in [1.807, 2.05) is 6.07 Å². The number of halogens is 3. The maximum Gasteiger partial charge on any atom is 0.252 e. The van der Waals surface area contributed by atoms with E-state index >= 15 is 0 Å². The van der Waals surface area contributed by atoms with Gasteiger partial charge in [0, 0.05) is 34.1 Å². The minimum atomic E-state index is -0.656. The minimum Gasteiger partial charge on any atom is -0.381 e. The Balaban J connectivity index is 1.40. The van der Waals surface area contributed by atoms with Crippen LogP contribution in [0.5, 0.6) is 0 Å². The number of fused-ring (bicyclic) bond motifs is 1. The predicted molar refractivity (Wildman–Crippen MR) is 132 cm³/mol. The van der Waals surface area contributed by atoms with Crippen molar-refractivity contribution in [3.05, 3.63) is 86.8 Å². The number of rotatable bonds is 4. The highest BCUT2D eigenvalue weighted by atomic mass is 35.5. The highest BCUT2D eigenvalue weighted by Crippen LogP contribution is 2.36. The molecule has 5 aromatic rings. The summed E-state index contributed by atoms with van der Waals surface area (Å²) in [5.74, 6) is -0.362. The molecule has 36 heavy (non-hydrogen) atoms. The van der Waals surface area contributed by atoms with E-state index in [1.165, 1.54) is 23.3 Å². The minimum absolute atomic E-state index is 0.152. The van der Waals surface area contributed by atoms with Crippen molar-refractivity contribution in [2.75, 3.05) is 5.73 Å². The van der Waals surface area contributed by atoms with Crippen molar-refractivity contribution in [2.24, 2.45) is 0 Å². The molecule has 1 aromatic carbocycles. The highest BCUT2D eigenvalue weighted by molar-refractivity contribution is 6.32. The smallest absolute Gasteiger partial charge is 0.252 e. The molecular weight excluding hydrogens is 508 g/mol. The lowest BCUT2D eigenvalue weighted by Crippen LogP contribution is -2.24. The summed E-state index contributed by atoms with van der Waals surface area (Å²) in [5.41, 5.74) is 9.02. The normalized spacial score (nSPS) is 14.8. The van der Waals surface area contributed by atoms with Crippen LogP contribution in [-0.4, -0.2) is 39.7 Å². The number of aromatic nitrogens is 8. The van der Waals surface area contributed by atoms with Gasteiger partial charge in [-0.05, 0) is 59.2 Å². The molecule has 1 atom stereocenters. The molecule has 6 rings (SSSR count). The maximum absolute atomic E-state index is 13.9. The van der Waals surface area contributed by atoms with Crippen molar-refractivity contribution in [2.45, 2.75) is 18.9 Å².